The van der Waals surface area contributed by atoms with E-state index in [0.717, 1.165) is 5.75 Å². The molecule has 1 rings (SSSR count). The summed E-state index contributed by atoms with van der Waals surface area (Å²) in [5, 5.41) is 0.662. The van der Waals surface area contributed by atoms with Crippen LogP contribution in [0, 0.1) is 0 Å². The Kier molecular flexibility index (Phi) is 7.35. The van der Waals surface area contributed by atoms with Crippen molar-refractivity contribution >= 4 is 53.0 Å². The van der Waals surface area contributed by atoms with Crippen LogP contribution in [0.1, 0.15) is 6.92 Å². The average molecular weight is 347 g/mol. The number of hydroxylamine groups is 1. The molecule has 0 saturated carbocycles. The van der Waals surface area contributed by atoms with E-state index in [-0.39, 0.29) is 0 Å². The highest BCUT2D eigenvalue weighted by atomic mass is 35.5. The number of nitrogens with zero attached hydrogens (tertiary/aromatic N) is 1. The molecule has 1 heterocycles. The van der Waals surface area contributed by atoms with E-state index < -0.39 is 10.8 Å². The van der Waals surface area contributed by atoms with Crippen LogP contribution in [-0.2, 0) is 9.57 Å². The first kappa shape index (κ1) is 16.9. The number of carbonyl (C=O) groups excluding carboxylic acids is 1. The molecule has 0 aromatic carbocycles. The zero-order valence-corrected chi connectivity index (χ0v) is 13.8. The van der Waals surface area contributed by atoms with Crippen molar-refractivity contribution in [1.82, 2.24) is 9.79 Å². The largest absolute Gasteiger partial charge is 0.497 e. The number of thioether (sulfide) groups is 1. The van der Waals surface area contributed by atoms with Gasteiger partial charge >= 0.3 is 6.09 Å². The van der Waals surface area contributed by atoms with Crippen LogP contribution >= 0.6 is 46.9 Å². The lowest BCUT2D eigenvalue weighted by Gasteiger charge is -2.28. The van der Waals surface area contributed by atoms with Crippen LogP contribution in [0.25, 0.3) is 0 Å². The number of halogens is 2. The molecule has 1 N–H and O–H groups in total. The van der Waals surface area contributed by atoms with E-state index in [1.165, 1.54) is 34.3 Å². The predicted molar refractivity (Wildman–Crippen MR) is 81.3 cm³/mol. The Hall–Kier alpha value is -0.110. The maximum absolute atomic E-state index is 11.8. The van der Waals surface area contributed by atoms with Gasteiger partial charge in [-0.2, -0.15) is 0 Å². The van der Waals surface area contributed by atoms with Crippen molar-refractivity contribution in [3.63, 3.8) is 0 Å². The highest BCUT2D eigenvalue weighted by Gasteiger charge is 2.28. The molecule has 1 aliphatic heterocycles. The van der Waals surface area contributed by atoms with Crippen LogP contribution < -0.4 is 5.48 Å². The summed E-state index contributed by atoms with van der Waals surface area (Å²) in [6, 6.07) is 0. The standard InChI is InChI=1S/C10H16Cl2N2O3S2/c1-10(6-11,7-12)19-14(2)9(15)17-13-8-5-16-3-4-18-8/h5,13H,3-4,6-7H2,1-2H3. The van der Waals surface area contributed by atoms with Crippen molar-refractivity contribution < 1.29 is 14.4 Å². The quantitative estimate of drug-likeness (QED) is 0.453. The molecule has 0 fully saturated rings. The molecule has 110 valence electrons. The average Bonchev–Trinajstić information content (AvgIpc) is 2.45. The molecule has 1 aliphatic rings. The van der Waals surface area contributed by atoms with Crippen molar-refractivity contribution in [3.05, 3.63) is 11.3 Å². The van der Waals surface area contributed by atoms with Gasteiger partial charge in [-0.1, -0.05) is 11.8 Å². The molecule has 9 heteroatoms. The highest BCUT2D eigenvalue weighted by molar-refractivity contribution is 8.03. The molecule has 0 aromatic heterocycles. The van der Waals surface area contributed by atoms with E-state index >= 15 is 0 Å². The second kappa shape index (κ2) is 8.24. The minimum atomic E-state index is -0.529. The minimum absolute atomic E-state index is 0.334. The van der Waals surface area contributed by atoms with E-state index in [0.29, 0.717) is 23.4 Å². The second-order valence-corrected chi connectivity index (χ2v) is 7.36. The van der Waals surface area contributed by atoms with Gasteiger partial charge in [0, 0.05) is 24.6 Å². The lowest BCUT2D eigenvalue weighted by Crippen LogP contribution is -2.35. The van der Waals surface area contributed by atoms with Gasteiger partial charge in [-0.05, 0) is 18.9 Å². The van der Waals surface area contributed by atoms with Gasteiger partial charge in [0.1, 0.15) is 11.3 Å². The predicted octanol–water partition coefficient (Wildman–Crippen LogP) is 3.01. The summed E-state index contributed by atoms with van der Waals surface area (Å²) in [6.07, 6.45) is 0.995. The Morgan fingerprint density at radius 1 is 1.68 bits per heavy atom. The SMILES string of the molecule is CN(SC(C)(CCl)CCl)C(=O)ONC1=COCCS1. The Morgan fingerprint density at radius 3 is 2.89 bits per heavy atom. The first-order valence-electron chi connectivity index (χ1n) is 5.47. The molecule has 0 aromatic rings. The van der Waals surface area contributed by atoms with Crippen molar-refractivity contribution in [1.29, 1.82) is 0 Å². The third-order valence-corrected chi connectivity index (χ3v) is 5.58. The maximum Gasteiger partial charge on any atom is 0.443 e. The number of nitrogens with one attached hydrogen (secondary N) is 1. The zero-order valence-electron chi connectivity index (χ0n) is 10.7. The number of alkyl halides is 2. The van der Waals surface area contributed by atoms with Gasteiger partial charge in [-0.3, -0.25) is 4.31 Å². The number of rotatable bonds is 6. The van der Waals surface area contributed by atoms with Crippen molar-refractivity contribution in [3.8, 4) is 0 Å². The van der Waals surface area contributed by atoms with Crippen LogP contribution in [0.5, 0.6) is 0 Å². The first-order valence-corrected chi connectivity index (χ1v) is 8.30. The molecule has 0 bridgehead atoms. The first-order chi connectivity index (χ1) is 9.00. The van der Waals surface area contributed by atoms with E-state index in [1.54, 1.807) is 7.05 Å². The lowest BCUT2D eigenvalue weighted by molar-refractivity contribution is 0.0945. The summed E-state index contributed by atoms with van der Waals surface area (Å²) in [7, 11) is 1.60. The molecule has 0 spiro atoms. The van der Waals surface area contributed by atoms with E-state index in [1.807, 2.05) is 6.92 Å². The molecule has 0 radical (unpaired) electrons. The maximum atomic E-state index is 11.8. The smallest absolute Gasteiger partial charge is 0.443 e. The van der Waals surface area contributed by atoms with Crippen LogP contribution in [0.3, 0.4) is 0 Å². The normalized spacial score (nSPS) is 15.3. The van der Waals surface area contributed by atoms with E-state index in [9.17, 15) is 4.79 Å². The highest BCUT2D eigenvalue weighted by Crippen LogP contribution is 2.30. The number of carbonyl (C=O) groups is 1. The fourth-order valence-corrected chi connectivity index (χ4v) is 3.12. The van der Waals surface area contributed by atoms with Gasteiger partial charge in [-0.25, -0.2) is 10.3 Å². The van der Waals surface area contributed by atoms with Gasteiger partial charge in [0.05, 0.1) is 11.4 Å². The zero-order chi connectivity index (χ0) is 14.3. The Bertz CT molecular complexity index is 341. The second-order valence-electron chi connectivity index (χ2n) is 3.98. The van der Waals surface area contributed by atoms with Crippen molar-refractivity contribution in [2.75, 3.05) is 31.2 Å². The monoisotopic (exact) mass is 346 g/mol. The van der Waals surface area contributed by atoms with Crippen LogP contribution in [-0.4, -0.2) is 46.3 Å². The Labute approximate surface area is 131 Å². The molecule has 19 heavy (non-hydrogen) atoms. The molecule has 0 saturated heterocycles. The van der Waals surface area contributed by atoms with Gasteiger partial charge in [0.25, 0.3) is 0 Å². The molecule has 5 nitrogen and oxygen atoms in total. The van der Waals surface area contributed by atoms with Gasteiger partial charge in [-0.15, -0.1) is 23.2 Å². The molecule has 0 unspecified atom stereocenters. The van der Waals surface area contributed by atoms with Crippen LogP contribution in [0.4, 0.5) is 4.79 Å². The summed E-state index contributed by atoms with van der Waals surface area (Å²) in [5.74, 6) is 1.49. The molecule has 0 aliphatic carbocycles. The Balaban J connectivity index is 2.38. The van der Waals surface area contributed by atoms with Crippen molar-refractivity contribution in [2.45, 2.75) is 11.7 Å². The Morgan fingerprint density at radius 2 is 2.37 bits per heavy atom. The summed E-state index contributed by atoms with van der Waals surface area (Å²) < 4.78 is 6.04. The van der Waals surface area contributed by atoms with E-state index in [2.05, 4.69) is 5.48 Å². The number of ether oxygens (including phenoxy) is 1. The lowest BCUT2D eigenvalue weighted by atomic mass is 10.2. The fourth-order valence-electron chi connectivity index (χ4n) is 1.03. The number of amides is 1. The molecular weight excluding hydrogens is 331 g/mol. The summed E-state index contributed by atoms with van der Waals surface area (Å²) >= 11 is 14.4. The number of hydrogen-bond acceptors (Lipinski definition) is 6. The summed E-state index contributed by atoms with van der Waals surface area (Å²) in [6.45, 7) is 2.53. The number of hydrogen-bond donors (Lipinski definition) is 1. The summed E-state index contributed by atoms with van der Waals surface area (Å²) in [4.78, 5) is 16.7. The molecule has 0 atom stereocenters. The third kappa shape index (κ3) is 5.81. The molecule has 1 amide bonds. The van der Waals surface area contributed by atoms with Gasteiger partial charge < -0.3 is 9.57 Å². The van der Waals surface area contributed by atoms with Crippen LogP contribution in [0.15, 0.2) is 11.3 Å². The third-order valence-electron chi connectivity index (χ3n) is 2.07. The topological polar surface area (TPSA) is 50.8 Å². The minimum Gasteiger partial charge on any atom is -0.497 e. The van der Waals surface area contributed by atoms with Crippen molar-refractivity contribution in [2.24, 2.45) is 0 Å². The van der Waals surface area contributed by atoms with Crippen LogP contribution in [0.2, 0.25) is 0 Å². The summed E-state index contributed by atoms with van der Waals surface area (Å²) in [5.41, 5.74) is 2.55. The fraction of sp³-hybridized carbons (Fsp3) is 0.700. The molecular formula is C10H16Cl2N2O3S2. The van der Waals surface area contributed by atoms with Gasteiger partial charge in [0.2, 0.25) is 0 Å². The van der Waals surface area contributed by atoms with Gasteiger partial charge in [0.15, 0.2) is 0 Å². The van der Waals surface area contributed by atoms with E-state index in [4.69, 9.17) is 32.8 Å².